The Morgan fingerprint density at radius 2 is 1.82 bits per heavy atom. The van der Waals surface area contributed by atoms with Crippen LogP contribution in [0, 0.1) is 11.3 Å². The molecule has 318 valence electrons. The molecule has 4 heterocycles. The van der Waals surface area contributed by atoms with E-state index in [1.54, 1.807) is 7.11 Å². The zero-order valence-corrected chi connectivity index (χ0v) is 35.1. The van der Waals surface area contributed by atoms with Crippen molar-refractivity contribution in [2.24, 2.45) is 11.3 Å². The standard InChI is InChI=1S/C45H53N5O9S/c1-44(2)20-12-15-29-21-33-36(24-38(29)57-3)46-35(28-13-8-7-9-14-28)23-39(33)59-31-22-37-40(51)48-45(42(53)49-60(55,56)32-18-19-32)25-30(45)16-10-5-4-6-11-17-34(41(52)50(37)26-31)47-43(54)58-27-44/h7-10,12-16,21,23-24,30-32,34,37H,4-6,11,17-20,22,25-27H2,1-3H3,(H,47,54)(H,48,51)(H,49,53)/b15-12+,16-10+/t30-,31-,34+,37+,45-/m1/s1. The number of hydrogen-bond donors (Lipinski definition) is 3. The molecular weight excluding hydrogens is 787 g/mol. The van der Waals surface area contributed by atoms with Gasteiger partial charge in [-0.2, -0.15) is 0 Å². The molecular formula is C45H53N5O9S. The first kappa shape index (κ1) is 41.3. The highest BCUT2D eigenvalue weighted by Gasteiger charge is 2.62. The van der Waals surface area contributed by atoms with Gasteiger partial charge in [0.1, 0.15) is 35.2 Å². The molecule has 1 aromatic heterocycles. The number of carbonyl (C=O) groups is 4. The van der Waals surface area contributed by atoms with E-state index >= 15 is 0 Å². The minimum atomic E-state index is -3.91. The lowest BCUT2D eigenvalue weighted by Crippen LogP contribution is -2.58. The molecule has 14 nitrogen and oxygen atoms in total. The number of allylic oxidation sites excluding steroid dienone is 2. The molecule has 15 heteroatoms. The van der Waals surface area contributed by atoms with Crippen molar-refractivity contribution in [1.82, 2.24) is 25.2 Å². The third-order valence-electron chi connectivity index (χ3n) is 12.2. The van der Waals surface area contributed by atoms with Gasteiger partial charge in [-0.15, -0.1) is 0 Å². The Morgan fingerprint density at radius 3 is 2.58 bits per heavy atom. The summed E-state index contributed by atoms with van der Waals surface area (Å²) in [6, 6.07) is 13.2. The molecule has 2 aliphatic carbocycles. The highest BCUT2D eigenvalue weighted by atomic mass is 32.2. The molecule has 60 heavy (non-hydrogen) atoms. The van der Waals surface area contributed by atoms with Gasteiger partial charge in [0.15, 0.2) is 0 Å². The van der Waals surface area contributed by atoms with Crippen molar-refractivity contribution in [3.05, 3.63) is 72.3 Å². The Balaban J connectivity index is 1.20. The highest BCUT2D eigenvalue weighted by Crippen LogP contribution is 2.46. The number of alkyl carbamates (subject to hydrolysis) is 1. The van der Waals surface area contributed by atoms with Gasteiger partial charge in [-0.25, -0.2) is 18.2 Å². The van der Waals surface area contributed by atoms with E-state index in [2.05, 4.69) is 15.4 Å². The topological polar surface area (TPSA) is 182 Å². The molecule has 0 radical (unpaired) electrons. The zero-order valence-electron chi connectivity index (χ0n) is 34.3. The molecule has 1 saturated heterocycles. The van der Waals surface area contributed by atoms with E-state index in [9.17, 15) is 27.6 Å². The van der Waals surface area contributed by atoms with Crippen LogP contribution in [-0.4, -0.2) is 91.4 Å². The van der Waals surface area contributed by atoms with E-state index in [-0.39, 0.29) is 26.0 Å². The van der Waals surface area contributed by atoms with Crippen LogP contribution in [-0.2, 0) is 29.1 Å². The fourth-order valence-electron chi connectivity index (χ4n) is 8.44. The average Bonchev–Trinajstić information content (AvgIpc) is 4.15. The molecule has 5 bridgehead atoms. The van der Waals surface area contributed by atoms with Gasteiger partial charge in [0.25, 0.3) is 5.91 Å². The minimum absolute atomic E-state index is 0.0107. The lowest BCUT2D eigenvalue weighted by molar-refractivity contribution is -0.141. The lowest BCUT2D eigenvalue weighted by Gasteiger charge is -2.30. The van der Waals surface area contributed by atoms with Crippen molar-refractivity contribution < 1.29 is 41.8 Å². The summed E-state index contributed by atoms with van der Waals surface area (Å²) in [5.41, 5.74) is 0.928. The number of amides is 4. The molecule has 2 saturated carbocycles. The van der Waals surface area contributed by atoms with Crippen molar-refractivity contribution in [2.75, 3.05) is 20.3 Å². The molecule has 0 unspecified atom stereocenters. The van der Waals surface area contributed by atoms with Gasteiger partial charge in [-0.3, -0.25) is 19.1 Å². The van der Waals surface area contributed by atoms with E-state index in [0.29, 0.717) is 66.6 Å². The van der Waals surface area contributed by atoms with Gasteiger partial charge >= 0.3 is 6.09 Å². The zero-order chi connectivity index (χ0) is 42.2. The van der Waals surface area contributed by atoms with Crippen LogP contribution in [0.15, 0.2) is 66.8 Å². The number of methoxy groups -OCH3 is 1. The SMILES string of the molecule is COc1cc2nc(-c3ccccc3)cc3c2cc1/C=C/CC(C)(C)COC(=O)N[C@H]1CCCCC/C=C/[C@@H]2C[C@@]2(C(=O)NS(=O)(=O)C2CC2)NC(=O)[C@@H]2C[C@H](CN2C1=O)O3. The van der Waals surface area contributed by atoms with Crippen molar-refractivity contribution in [2.45, 2.75) is 107 Å². The van der Waals surface area contributed by atoms with Crippen LogP contribution < -0.4 is 24.8 Å². The number of benzene rings is 2. The second kappa shape index (κ2) is 16.5. The summed E-state index contributed by atoms with van der Waals surface area (Å²) in [6.45, 7) is 4.03. The quantitative estimate of drug-likeness (QED) is 0.266. The summed E-state index contributed by atoms with van der Waals surface area (Å²) in [5, 5.41) is 5.81. The van der Waals surface area contributed by atoms with Crippen LogP contribution in [0.1, 0.15) is 83.6 Å². The van der Waals surface area contributed by atoms with Crippen molar-refractivity contribution >= 4 is 50.8 Å². The first-order chi connectivity index (χ1) is 28.7. The summed E-state index contributed by atoms with van der Waals surface area (Å²) >= 11 is 0. The summed E-state index contributed by atoms with van der Waals surface area (Å²) in [5.74, 6) is -1.23. The predicted molar refractivity (Wildman–Crippen MR) is 225 cm³/mol. The molecule has 3 fully saturated rings. The van der Waals surface area contributed by atoms with E-state index in [0.717, 1.165) is 24.0 Å². The maximum absolute atomic E-state index is 14.8. The van der Waals surface area contributed by atoms with Crippen molar-refractivity contribution in [3.63, 3.8) is 0 Å². The fraction of sp³-hybridized carbons (Fsp3) is 0.489. The van der Waals surface area contributed by atoms with Crippen LogP contribution in [0.4, 0.5) is 4.79 Å². The van der Waals surface area contributed by atoms with E-state index in [1.807, 2.05) is 86.7 Å². The number of sulfonamides is 1. The van der Waals surface area contributed by atoms with Gasteiger partial charge in [0.05, 0.1) is 36.7 Å². The molecule has 3 aromatic rings. The van der Waals surface area contributed by atoms with Crippen molar-refractivity contribution in [3.8, 4) is 22.8 Å². The summed E-state index contributed by atoms with van der Waals surface area (Å²) in [4.78, 5) is 63.1. The Kier molecular flexibility index (Phi) is 11.4. The van der Waals surface area contributed by atoms with E-state index < -0.39 is 74.1 Å². The number of cyclic esters (lactones) is 1. The Bertz CT molecular complexity index is 2340. The normalized spacial score (nSPS) is 28.3. The molecule has 2 aromatic carbocycles. The molecule has 5 aliphatic rings. The monoisotopic (exact) mass is 839 g/mol. The smallest absolute Gasteiger partial charge is 0.407 e. The highest BCUT2D eigenvalue weighted by molar-refractivity contribution is 7.91. The number of nitrogens with zero attached hydrogens (tertiary/aromatic N) is 2. The van der Waals surface area contributed by atoms with Crippen LogP contribution in [0.25, 0.3) is 28.2 Å². The van der Waals surface area contributed by atoms with E-state index in [1.165, 1.54) is 4.90 Å². The van der Waals surface area contributed by atoms with Gasteiger partial charge in [0.2, 0.25) is 21.8 Å². The number of ether oxygens (including phenoxy) is 3. The second-order valence-electron chi connectivity index (χ2n) is 17.5. The van der Waals surface area contributed by atoms with Crippen LogP contribution in [0.5, 0.6) is 11.5 Å². The number of carbonyl (C=O) groups excluding carboxylic acids is 4. The number of rotatable bonds is 5. The maximum Gasteiger partial charge on any atom is 0.407 e. The summed E-state index contributed by atoms with van der Waals surface area (Å²) in [7, 11) is -2.31. The minimum Gasteiger partial charge on any atom is -0.496 e. The summed E-state index contributed by atoms with van der Waals surface area (Å²) < 4.78 is 46.6. The summed E-state index contributed by atoms with van der Waals surface area (Å²) in [6.07, 6.45) is 11.3. The van der Waals surface area contributed by atoms with Gasteiger partial charge < -0.3 is 29.7 Å². The molecule has 3 N–H and O–H groups in total. The van der Waals surface area contributed by atoms with Gasteiger partial charge in [-0.05, 0) is 51.0 Å². The third-order valence-corrected chi connectivity index (χ3v) is 14.0. The fourth-order valence-corrected chi connectivity index (χ4v) is 9.80. The molecule has 8 rings (SSSR count). The maximum atomic E-state index is 14.8. The van der Waals surface area contributed by atoms with Crippen LogP contribution >= 0.6 is 0 Å². The molecule has 4 amide bonds. The Hall–Kier alpha value is -5.44. The lowest BCUT2D eigenvalue weighted by atomic mass is 9.90. The number of hydrogen-bond acceptors (Lipinski definition) is 10. The van der Waals surface area contributed by atoms with Gasteiger partial charge in [-0.1, -0.05) is 81.3 Å². The first-order valence-corrected chi connectivity index (χ1v) is 22.5. The van der Waals surface area contributed by atoms with Gasteiger partial charge in [0, 0.05) is 46.4 Å². The number of pyridine rings is 1. The third kappa shape index (κ3) is 8.86. The number of nitrogens with one attached hydrogen (secondary N) is 3. The largest absolute Gasteiger partial charge is 0.496 e. The molecule has 5 atom stereocenters. The van der Waals surface area contributed by atoms with Crippen molar-refractivity contribution in [1.29, 1.82) is 0 Å². The molecule has 3 aliphatic heterocycles. The molecule has 0 spiro atoms. The number of aromatic nitrogens is 1. The van der Waals surface area contributed by atoms with E-state index in [4.69, 9.17) is 19.2 Å². The predicted octanol–water partition coefficient (Wildman–Crippen LogP) is 5.80. The Labute approximate surface area is 350 Å². The second-order valence-corrected chi connectivity index (χ2v) is 19.5. The Morgan fingerprint density at radius 1 is 1.02 bits per heavy atom. The van der Waals surface area contributed by atoms with Crippen LogP contribution in [0.2, 0.25) is 0 Å². The number of fused-ring (bicyclic) bond motifs is 4. The first-order valence-electron chi connectivity index (χ1n) is 21.0. The van der Waals surface area contributed by atoms with Crippen LogP contribution in [0.3, 0.4) is 0 Å². The average molecular weight is 840 g/mol.